The number of pyridine rings is 1. The van der Waals surface area contributed by atoms with Crippen molar-refractivity contribution in [3.63, 3.8) is 0 Å². The van der Waals surface area contributed by atoms with Crippen LogP contribution in [0.25, 0.3) is 0 Å². The molecular weight excluding hydrogens is 340 g/mol. The summed E-state index contributed by atoms with van der Waals surface area (Å²) in [7, 11) is 0. The molecule has 4 rings (SSSR count). The van der Waals surface area contributed by atoms with Gasteiger partial charge < -0.3 is 19.4 Å². The Morgan fingerprint density at radius 1 is 0.963 bits per heavy atom. The third-order valence-electron chi connectivity index (χ3n) is 4.70. The predicted molar refractivity (Wildman–Crippen MR) is 106 cm³/mol. The van der Waals surface area contributed by atoms with Crippen LogP contribution >= 0.6 is 0 Å². The lowest BCUT2D eigenvalue weighted by molar-refractivity contribution is 0.174. The van der Waals surface area contributed by atoms with Gasteiger partial charge in [0.05, 0.1) is 6.54 Å². The summed E-state index contributed by atoms with van der Waals surface area (Å²) in [4.78, 5) is 12.6. The summed E-state index contributed by atoms with van der Waals surface area (Å²) < 4.78 is 12.5. The van der Waals surface area contributed by atoms with Crippen molar-refractivity contribution in [2.75, 3.05) is 18.7 Å². The molecule has 1 aliphatic heterocycles. The van der Waals surface area contributed by atoms with Crippen molar-refractivity contribution in [3.05, 3.63) is 87.8 Å². The summed E-state index contributed by atoms with van der Waals surface area (Å²) in [6, 6.07) is 19.8. The Kier molecular flexibility index (Phi) is 4.83. The number of benzene rings is 2. The zero-order valence-corrected chi connectivity index (χ0v) is 15.3. The van der Waals surface area contributed by atoms with E-state index in [1.807, 2.05) is 49.4 Å². The Morgan fingerprint density at radius 2 is 1.78 bits per heavy atom. The molecule has 0 amide bonds. The maximum Gasteiger partial charge on any atom is 0.253 e. The molecule has 27 heavy (non-hydrogen) atoms. The Labute approximate surface area is 158 Å². The van der Waals surface area contributed by atoms with Gasteiger partial charge >= 0.3 is 0 Å². The van der Waals surface area contributed by atoms with E-state index in [1.54, 1.807) is 10.6 Å². The summed E-state index contributed by atoms with van der Waals surface area (Å²) in [6.45, 7) is 3.50. The SMILES string of the molecule is Cc1cc(NCCc2ccccc2)cc(=O)n1Cc1ccc2c(c1)OCO2. The highest BCUT2D eigenvalue weighted by molar-refractivity contribution is 5.46. The molecule has 0 bridgehead atoms. The van der Waals surface area contributed by atoms with Gasteiger partial charge in [0.1, 0.15) is 0 Å². The highest BCUT2D eigenvalue weighted by Gasteiger charge is 2.14. The monoisotopic (exact) mass is 362 g/mol. The van der Waals surface area contributed by atoms with Gasteiger partial charge in [-0.05, 0) is 42.7 Å². The van der Waals surface area contributed by atoms with Crippen LogP contribution in [-0.4, -0.2) is 17.9 Å². The molecule has 0 unspecified atom stereocenters. The molecule has 0 saturated carbocycles. The molecule has 0 fully saturated rings. The van der Waals surface area contributed by atoms with Gasteiger partial charge in [-0.2, -0.15) is 0 Å². The molecule has 2 aromatic carbocycles. The van der Waals surface area contributed by atoms with Gasteiger partial charge in [-0.25, -0.2) is 0 Å². The van der Waals surface area contributed by atoms with Crippen molar-refractivity contribution in [3.8, 4) is 11.5 Å². The molecule has 1 N–H and O–H groups in total. The predicted octanol–water partition coefficient (Wildman–Crippen LogP) is 3.59. The van der Waals surface area contributed by atoms with Crippen molar-refractivity contribution >= 4 is 5.69 Å². The minimum absolute atomic E-state index is 0.0186. The number of nitrogens with one attached hydrogen (secondary N) is 1. The Balaban J connectivity index is 1.44. The highest BCUT2D eigenvalue weighted by atomic mass is 16.7. The number of anilines is 1. The Bertz CT molecular complexity index is 996. The van der Waals surface area contributed by atoms with E-state index < -0.39 is 0 Å². The molecule has 3 aromatic rings. The summed E-state index contributed by atoms with van der Waals surface area (Å²) in [6.07, 6.45) is 0.917. The van der Waals surface area contributed by atoms with Crippen LogP contribution in [-0.2, 0) is 13.0 Å². The van der Waals surface area contributed by atoms with Crippen LogP contribution in [0.5, 0.6) is 11.5 Å². The van der Waals surface area contributed by atoms with Gasteiger partial charge in [-0.15, -0.1) is 0 Å². The average molecular weight is 362 g/mol. The van der Waals surface area contributed by atoms with E-state index in [1.165, 1.54) is 5.56 Å². The van der Waals surface area contributed by atoms with E-state index in [-0.39, 0.29) is 12.4 Å². The second-order valence-electron chi connectivity index (χ2n) is 6.66. The molecule has 5 nitrogen and oxygen atoms in total. The summed E-state index contributed by atoms with van der Waals surface area (Å²) in [5.74, 6) is 1.48. The topological polar surface area (TPSA) is 52.5 Å². The first kappa shape index (κ1) is 17.2. The van der Waals surface area contributed by atoms with Crippen LogP contribution in [0.2, 0.25) is 0 Å². The first-order chi connectivity index (χ1) is 13.2. The van der Waals surface area contributed by atoms with Crippen molar-refractivity contribution in [2.45, 2.75) is 19.9 Å². The van der Waals surface area contributed by atoms with E-state index in [4.69, 9.17) is 9.47 Å². The summed E-state index contributed by atoms with van der Waals surface area (Å²) >= 11 is 0. The molecule has 0 spiro atoms. The normalized spacial score (nSPS) is 12.2. The molecule has 1 aliphatic rings. The van der Waals surface area contributed by atoms with E-state index in [0.717, 1.165) is 41.4 Å². The van der Waals surface area contributed by atoms with Crippen LogP contribution < -0.4 is 20.3 Å². The number of ether oxygens (including phenoxy) is 2. The van der Waals surface area contributed by atoms with Gasteiger partial charge in [0.15, 0.2) is 11.5 Å². The smallest absolute Gasteiger partial charge is 0.253 e. The van der Waals surface area contributed by atoms with Crippen LogP contribution in [0, 0.1) is 6.92 Å². The molecule has 1 aromatic heterocycles. The third kappa shape index (κ3) is 3.97. The van der Waals surface area contributed by atoms with E-state index in [9.17, 15) is 4.79 Å². The minimum Gasteiger partial charge on any atom is -0.454 e. The molecule has 2 heterocycles. The fourth-order valence-corrected chi connectivity index (χ4v) is 3.25. The minimum atomic E-state index is -0.0186. The standard InChI is InChI=1S/C22H22N2O3/c1-16-11-19(23-10-9-17-5-3-2-4-6-17)13-22(25)24(16)14-18-7-8-20-21(12-18)27-15-26-20/h2-8,11-13,23H,9-10,14-15H2,1H3. The van der Waals surface area contributed by atoms with Crippen LogP contribution in [0.3, 0.4) is 0 Å². The molecule has 0 saturated heterocycles. The zero-order valence-electron chi connectivity index (χ0n) is 15.3. The van der Waals surface area contributed by atoms with Gasteiger partial charge in [-0.3, -0.25) is 4.79 Å². The first-order valence-electron chi connectivity index (χ1n) is 9.07. The number of nitrogens with zero attached hydrogens (tertiary/aromatic N) is 1. The maximum absolute atomic E-state index is 12.6. The van der Waals surface area contributed by atoms with E-state index in [2.05, 4.69) is 17.4 Å². The molecule has 5 heteroatoms. The molecule has 138 valence electrons. The number of rotatable bonds is 6. The van der Waals surface area contributed by atoms with Crippen molar-refractivity contribution in [1.82, 2.24) is 4.57 Å². The molecule has 0 atom stereocenters. The van der Waals surface area contributed by atoms with Crippen LogP contribution in [0.4, 0.5) is 5.69 Å². The Hall–Kier alpha value is -3.21. The van der Waals surface area contributed by atoms with Gasteiger partial charge in [0, 0.05) is 24.0 Å². The van der Waals surface area contributed by atoms with Crippen molar-refractivity contribution in [2.24, 2.45) is 0 Å². The quantitative estimate of drug-likeness (QED) is 0.728. The zero-order chi connectivity index (χ0) is 18.6. The van der Waals surface area contributed by atoms with Gasteiger partial charge in [0.2, 0.25) is 6.79 Å². The summed E-state index contributed by atoms with van der Waals surface area (Å²) in [5.41, 5.74) is 4.04. The second kappa shape index (κ2) is 7.58. The molecule has 0 aliphatic carbocycles. The fraction of sp³-hybridized carbons (Fsp3) is 0.227. The second-order valence-corrected chi connectivity index (χ2v) is 6.66. The number of hydrogen-bond acceptors (Lipinski definition) is 4. The van der Waals surface area contributed by atoms with Crippen LogP contribution in [0.1, 0.15) is 16.8 Å². The van der Waals surface area contributed by atoms with E-state index in [0.29, 0.717) is 6.54 Å². The van der Waals surface area contributed by atoms with Crippen molar-refractivity contribution in [1.29, 1.82) is 0 Å². The highest BCUT2D eigenvalue weighted by Crippen LogP contribution is 2.32. The third-order valence-corrected chi connectivity index (χ3v) is 4.70. The van der Waals surface area contributed by atoms with E-state index >= 15 is 0 Å². The largest absolute Gasteiger partial charge is 0.454 e. The first-order valence-corrected chi connectivity index (χ1v) is 9.07. The maximum atomic E-state index is 12.6. The van der Waals surface area contributed by atoms with Gasteiger partial charge in [-0.1, -0.05) is 36.4 Å². The lowest BCUT2D eigenvalue weighted by atomic mass is 10.1. The number of hydrogen-bond donors (Lipinski definition) is 1. The summed E-state index contributed by atoms with van der Waals surface area (Å²) in [5, 5.41) is 3.35. The number of aromatic nitrogens is 1. The lowest BCUT2D eigenvalue weighted by Crippen LogP contribution is -2.23. The van der Waals surface area contributed by atoms with Crippen molar-refractivity contribution < 1.29 is 9.47 Å². The molecule has 0 radical (unpaired) electrons. The fourth-order valence-electron chi connectivity index (χ4n) is 3.25. The number of fused-ring (bicyclic) bond motifs is 1. The average Bonchev–Trinajstić information content (AvgIpc) is 3.13. The number of aryl methyl sites for hydroxylation is 1. The van der Waals surface area contributed by atoms with Crippen LogP contribution in [0.15, 0.2) is 65.5 Å². The Morgan fingerprint density at radius 3 is 2.59 bits per heavy atom. The van der Waals surface area contributed by atoms with Gasteiger partial charge in [0.25, 0.3) is 5.56 Å². The molecular formula is C22H22N2O3. The lowest BCUT2D eigenvalue weighted by Gasteiger charge is -2.13.